The number of amides is 2. The summed E-state index contributed by atoms with van der Waals surface area (Å²) in [6, 6.07) is 20.2. The van der Waals surface area contributed by atoms with Crippen LogP contribution in [0.2, 0.25) is 0 Å². The van der Waals surface area contributed by atoms with E-state index in [1.54, 1.807) is 13.2 Å². The number of para-hydroxylation sites is 1. The molecule has 268 valence electrons. The lowest BCUT2D eigenvalue weighted by Crippen LogP contribution is -2.48. The fraction of sp³-hybridized carbons (Fsp3) is 0.400. The SMILES string of the molecule is COc1cc(CCC(=O)N2CCCC2)ccc1Oc1nc(Nc2ccc(N3CCN(C(C)C)CC3)cc2)ncc1C(=O)Nc1c(C)cccc1C. The number of rotatable bonds is 12. The normalized spacial score (nSPS) is 14.9. The second kappa shape index (κ2) is 16.2. The Kier molecular flexibility index (Phi) is 11.4. The van der Waals surface area contributed by atoms with Crippen LogP contribution in [0.15, 0.2) is 66.9 Å². The van der Waals surface area contributed by atoms with Crippen LogP contribution in [0, 0.1) is 13.8 Å². The van der Waals surface area contributed by atoms with Crippen LogP contribution in [0.1, 0.15) is 60.2 Å². The molecule has 2 fully saturated rings. The first-order valence-electron chi connectivity index (χ1n) is 17.9. The average molecular weight is 692 g/mol. The predicted molar refractivity (Wildman–Crippen MR) is 202 cm³/mol. The van der Waals surface area contributed by atoms with Gasteiger partial charge in [-0.2, -0.15) is 4.98 Å². The number of aromatic nitrogens is 2. The van der Waals surface area contributed by atoms with Crippen LogP contribution in [0.3, 0.4) is 0 Å². The van der Waals surface area contributed by atoms with Gasteiger partial charge in [-0.25, -0.2) is 4.98 Å². The van der Waals surface area contributed by atoms with E-state index in [1.165, 1.54) is 11.9 Å². The number of piperazine rings is 1. The molecule has 2 aliphatic heterocycles. The summed E-state index contributed by atoms with van der Waals surface area (Å²) in [5.74, 6) is 0.993. The minimum absolute atomic E-state index is 0.0751. The molecule has 1 aromatic heterocycles. The van der Waals surface area contributed by atoms with Gasteiger partial charge in [0.1, 0.15) is 5.56 Å². The zero-order valence-electron chi connectivity index (χ0n) is 30.4. The summed E-state index contributed by atoms with van der Waals surface area (Å²) in [6.07, 6.45) is 4.63. The number of carbonyl (C=O) groups excluding carboxylic acids is 2. The van der Waals surface area contributed by atoms with Gasteiger partial charge < -0.3 is 29.9 Å². The number of anilines is 4. The lowest BCUT2D eigenvalue weighted by Gasteiger charge is -2.38. The Balaban J connectivity index is 1.22. The van der Waals surface area contributed by atoms with Crippen LogP contribution in [0.5, 0.6) is 17.4 Å². The number of nitrogens with zero attached hydrogens (tertiary/aromatic N) is 5. The largest absolute Gasteiger partial charge is 0.493 e. The minimum Gasteiger partial charge on any atom is -0.493 e. The highest BCUT2D eigenvalue weighted by Crippen LogP contribution is 2.35. The van der Waals surface area contributed by atoms with Gasteiger partial charge in [0.2, 0.25) is 17.7 Å². The molecule has 0 atom stereocenters. The van der Waals surface area contributed by atoms with Gasteiger partial charge in [0.25, 0.3) is 5.91 Å². The number of carbonyl (C=O) groups is 2. The van der Waals surface area contributed by atoms with E-state index in [9.17, 15) is 9.59 Å². The van der Waals surface area contributed by atoms with Crippen LogP contribution < -0.4 is 25.0 Å². The third-order valence-corrected chi connectivity index (χ3v) is 9.77. The summed E-state index contributed by atoms with van der Waals surface area (Å²) in [4.78, 5) is 42.4. The van der Waals surface area contributed by atoms with Gasteiger partial charge in [0.15, 0.2) is 11.5 Å². The van der Waals surface area contributed by atoms with Crippen molar-refractivity contribution in [3.8, 4) is 17.4 Å². The highest BCUT2D eigenvalue weighted by Gasteiger charge is 2.22. The van der Waals surface area contributed by atoms with Gasteiger partial charge >= 0.3 is 0 Å². The molecule has 0 bridgehead atoms. The number of aryl methyl sites for hydroxylation is 3. The summed E-state index contributed by atoms with van der Waals surface area (Å²) < 4.78 is 12.1. The Hall–Kier alpha value is -5.16. The topological polar surface area (TPSA) is 112 Å². The predicted octanol–water partition coefficient (Wildman–Crippen LogP) is 6.98. The number of likely N-dealkylation sites (tertiary alicyclic amines) is 1. The van der Waals surface area contributed by atoms with Crippen molar-refractivity contribution in [1.82, 2.24) is 19.8 Å². The van der Waals surface area contributed by atoms with Crippen LogP contribution >= 0.6 is 0 Å². The lowest BCUT2D eigenvalue weighted by atomic mass is 10.1. The molecule has 0 saturated carbocycles. The highest BCUT2D eigenvalue weighted by molar-refractivity contribution is 6.06. The van der Waals surface area contributed by atoms with E-state index in [4.69, 9.17) is 9.47 Å². The average Bonchev–Trinajstić information content (AvgIpc) is 3.69. The van der Waals surface area contributed by atoms with E-state index in [0.29, 0.717) is 30.4 Å². The quantitative estimate of drug-likeness (QED) is 0.163. The van der Waals surface area contributed by atoms with E-state index < -0.39 is 5.91 Å². The second-order valence-corrected chi connectivity index (χ2v) is 13.6. The van der Waals surface area contributed by atoms with Crippen molar-refractivity contribution in [3.05, 3.63) is 89.1 Å². The molecule has 2 N–H and O–H groups in total. The zero-order valence-corrected chi connectivity index (χ0v) is 30.4. The molecule has 11 nitrogen and oxygen atoms in total. The molecule has 11 heteroatoms. The zero-order chi connectivity index (χ0) is 35.9. The molecule has 6 rings (SSSR count). The standard InChI is InChI=1S/C40H49N7O4/c1-27(2)45-21-23-46(24-22-45)32-15-13-31(14-16-32)42-40-41-26-33(38(49)43-37-28(3)9-8-10-29(37)4)39(44-40)51-34-17-11-30(25-35(34)50-5)12-18-36(48)47-19-6-7-20-47/h8-11,13-17,25-27H,6-7,12,18-24H2,1-5H3,(H,43,49)(H,41,42,44). The number of nitrogens with one attached hydrogen (secondary N) is 2. The first kappa shape index (κ1) is 35.7. The van der Waals surface area contributed by atoms with Crippen molar-refractivity contribution >= 4 is 34.8 Å². The van der Waals surface area contributed by atoms with Gasteiger partial charge in [-0.05, 0) is 100 Å². The van der Waals surface area contributed by atoms with Gasteiger partial charge in [0.05, 0.1) is 7.11 Å². The molecule has 4 aromatic rings. The van der Waals surface area contributed by atoms with Crippen molar-refractivity contribution in [1.29, 1.82) is 0 Å². The highest BCUT2D eigenvalue weighted by atomic mass is 16.5. The minimum atomic E-state index is -0.396. The fourth-order valence-electron chi connectivity index (χ4n) is 6.67. The molecular weight excluding hydrogens is 642 g/mol. The Labute approximate surface area is 301 Å². The molecule has 3 heterocycles. The Bertz CT molecular complexity index is 1810. The van der Waals surface area contributed by atoms with E-state index in [2.05, 4.69) is 56.4 Å². The monoisotopic (exact) mass is 691 g/mol. The van der Waals surface area contributed by atoms with E-state index in [0.717, 1.165) is 80.2 Å². The summed E-state index contributed by atoms with van der Waals surface area (Å²) in [6.45, 7) is 14.1. The first-order chi connectivity index (χ1) is 24.7. The molecule has 0 aliphatic carbocycles. The first-order valence-corrected chi connectivity index (χ1v) is 17.9. The van der Waals surface area contributed by atoms with Crippen LogP contribution in [-0.2, 0) is 11.2 Å². The van der Waals surface area contributed by atoms with Gasteiger partial charge in [-0.3, -0.25) is 14.5 Å². The van der Waals surface area contributed by atoms with Crippen LogP contribution in [0.4, 0.5) is 23.0 Å². The van der Waals surface area contributed by atoms with Crippen molar-refractivity contribution in [3.63, 3.8) is 0 Å². The third-order valence-electron chi connectivity index (χ3n) is 9.77. The molecule has 51 heavy (non-hydrogen) atoms. The van der Waals surface area contributed by atoms with Crippen molar-refractivity contribution in [2.75, 3.05) is 61.9 Å². The Morgan fingerprint density at radius 3 is 2.25 bits per heavy atom. The van der Waals surface area contributed by atoms with Gasteiger partial charge in [0, 0.05) is 75.0 Å². The Morgan fingerprint density at radius 1 is 0.882 bits per heavy atom. The molecule has 2 aliphatic rings. The summed E-state index contributed by atoms with van der Waals surface area (Å²) >= 11 is 0. The molecular formula is C40H49N7O4. The van der Waals surface area contributed by atoms with E-state index >= 15 is 0 Å². The van der Waals surface area contributed by atoms with Crippen molar-refractivity contribution in [2.45, 2.75) is 59.4 Å². The molecule has 3 aromatic carbocycles. The van der Waals surface area contributed by atoms with Gasteiger partial charge in [-0.15, -0.1) is 0 Å². The molecule has 0 unspecified atom stereocenters. The smallest absolute Gasteiger partial charge is 0.262 e. The fourth-order valence-corrected chi connectivity index (χ4v) is 6.67. The number of hydrogen-bond acceptors (Lipinski definition) is 9. The summed E-state index contributed by atoms with van der Waals surface area (Å²) in [5.41, 5.74) is 5.71. The molecule has 0 radical (unpaired) electrons. The molecule has 2 amide bonds. The Morgan fingerprint density at radius 2 is 1.59 bits per heavy atom. The molecule has 0 spiro atoms. The molecule has 2 saturated heterocycles. The maximum atomic E-state index is 13.7. The second-order valence-electron chi connectivity index (χ2n) is 13.6. The lowest BCUT2D eigenvalue weighted by molar-refractivity contribution is -0.130. The van der Waals surface area contributed by atoms with E-state index in [-0.39, 0.29) is 23.3 Å². The van der Waals surface area contributed by atoms with Gasteiger partial charge in [-0.1, -0.05) is 24.3 Å². The summed E-state index contributed by atoms with van der Waals surface area (Å²) in [5, 5.41) is 6.31. The summed E-state index contributed by atoms with van der Waals surface area (Å²) in [7, 11) is 1.57. The van der Waals surface area contributed by atoms with Crippen LogP contribution in [0.25, 0.3) is 0 Å². The number of methoxy groups -OCH3 is 1. The van der Waals surface area contributed by atoms with Crippen molar-refractivity contribution < 1.29 is 19.1 Å². The number of benzene rings is 3. The third kappa shape index (κ3) is 8.78. The number of hydrogen-bond donors (Lipinski definition) is 2. The maximum Gasteiger partial charge on any atom is 0.262 e. The van der Waals surface area contributed by atoms with Crippen LogP contribution in [-0.4, -0.2) is 84.0 Å². The number of ether oxygens (including phenoxy) is 2. The van der Waals surface area contributed by atoms with Crippen molar-refractivity contribution in [2.24, 2.45) is 0 Å². The maximum absolute atomic E-state index is 13.7. The van der Waals surface area contributed by atoms with E-state index in [1.807, 2.05) is 61.2 Å².